The minimum atomic E-state index is -0.714. The summed E-state index contributed by atoms with van der Waals surface area (Å²) in [4.78, 5) is 10.6. The van der Waals surface area contributed by atoms with E-state index in [9.17, 15) is 9.90 Å². The smallest absolute Gasteiger partial charge is 0.303 e. The van der Waals surface area contributed by atoms with Crippen LogP contribution in [0.1, 0.15) is 62.5 Å². The molecule has 2 aliphatic rings. The van der Waals surface area contributed by atoms with Gasteiger partial charge in [0.25, 0.3) is 0 Å². The molecule has 0 aromatic heterocycles. The molecule has 5 atom stereocenters. The summed E-state index contributed by atoms with van der Waals surface area (Å²) < 4.78 is 6.16. The number of hydrogen-bond acceptors (Lipinski definition) is 3. The quantitative estimate of drug-likeness (QED) is 0.364. The van der Waals surface area contributed by atoms with Crippen LogP contribution in [-0.2, 0) is 16.0 Å². The van der Waals surface area contributed by atoms with E-state index in [0.717, 1.165) is 51.4 Å². The van der Waals surface area contributed by atoms with Gasteiger partial charge >= 0.3 is 5.97 Å². The van der Waals surface area contributed by atoms with Gasteiger partial charge in [-0.15, -0.1) is 0 Å². The Morgan fingerprint density at radius 2 is 1.93 bits per heavy atom. The summed E-state index contributed by atoms with van der Waals surface area (Å²) in [6.07, 6.45) is 16.6. The zero-order chi connectivity index (χ0) is 21.3. The molecule has 4 heteroatoms. The Bertz CT molecular complexity index is 721. The third kappa shape index (κ3) is 6.82. The van der Waals surface area contributed by atoms with Crippen LogP contribution in [0, 0.1) is 18.8 Å². The number of fused-ring (bicyclic) bond motifs is 2. The summed E-state index contributed by atoms with van der Waals surface area (Å²) in [5, 5.41) is 19.1. The molecule has 4 nitrogen and oxygen atoms in total. The van der Waals surface area contributed by atoms with Crippen LogP contribution in [0.15, 0.2) is 48.6 Å². The van der Waals surface area contributed by atoms with E-state index in [1.807, 2.05) is 6.08 Å². The van der Waals surface area contributed by atoms with Crippen LogP contribution >= 0.6 is 0 Å². The third-order valence-corrected chi connectivity index (χ3v) is 6.48. The fourth-order valence-corrected chi connectivity index (χ4v) is 4.72. The van der Waals surface area contributed by atoms with E-state index in [4.69, 9.17) is 9.84 Å². The van der Waals surface area contributed by atoms with E-state index in [2.05, 4.69) is 49.4 Å². The second-order valence-electron chi connectivity index (χ2n) is 8.85. The minimum Gasteiger partial charge on any atom is -0.481 e. The van der Waals surface area contributed by atoms with Crippen molar-refractivity contribution in [1.82, 2.24) is 0 Å². The molecule has 164 valence electrons. The first-order valence-corrected chi connectivity index (χ1v) is 11.5. The van der Waals surface area contributed by atoms with Crippen molar-refractivity contribution >= 4 is 5.97 Å². The first kappa shape index (κ1) is 22.8. The summed E-state index contributed by atoms with van der Waals surface area (Å²) in [6.45, 7) is 2.09. The van der Waals surface area contributed by atoms with Crippen LogP contribution in [0.5, 0.6) is 0 Å². The van der Waals surface area contributed by atoms with Crippen molar-refractivity contribution in [3.63, 3.8) is 0 Å². The van der Waals surface area contributed by atoms with E-state index in [0.29, 0.717) is 24.0 Å². The molecular weight excluding hydrogens is 376 g/mol. The van der Waals surface area contributed by atoms with Gasteiger partial charge in [0.2, 0.25) is 0 Å². The molecule has 3 rings (SSSR count). The fraction of sp³-hybridized carbons (Fsp3) is 0.577. The molecule has 0 saturated carbocycles. The molecule has 0 amide bonds. The lowest BCUT2D eigenvalue weighted by Crippen LogP contribution is -2.25. The maximum Gasteiger partial charge on any atom is 0.303 e. The molecule has 1 aromatic carbocycles. The molecule has 0 spiro atoms. The van der Waals surface area contributed by atoms with Gasteiger partial charge in [-0.1, -0.05) is 54.1 Å². The average molecular weight is 413 g/mol. The Morgan fingerprint density at radius 3 is 2.70 bits per heavy atom. The number of unbranched alkanes of at least 4 members (excludes halogenated alkanes) is 2. The van der Waals surface area contributed by atoms with Gasteiger partial charge in [0.15, 0.2) is 0 Å². The number of carboxylic acid groups (broad SMARTS) is 1. The van der Waals surface area contributed by atoms with Gasteiger partial charge in [-0.25, -0.2) is 0 Å². The van der Waals surface area contributed by atoms with Crippen LogP contribution in [-0.4, -0.2) is 34.5 Å². The Balaban J connectivity index is 1.43. The Hall–Kier alpha value is -1.91. The van der Waals surface area contributed by atoms with Crippen LogP contribution in [0.4, 0.5) is 0 Å². The summed E-state index contributed by atoms with van der Waals surface area (Å²) in [7, 11) is 0. The molecule has 2 saturated heterocycles. The number of benzene rings is 1. The van der Waals surface area contributed by atoms with Crippen molar-refractivity contribution in [3.05, 3.63) is 59.7 Å². The SMILES string of the molecule is Cc1ccc(CC[C@H](O)/C=C/C2[C@@H](C/C=C\CCCCC(=O)O)[C@H]3CC[C@H]2O3)cc1. The van der Waals surface area contributed by atoms with Crippen molar-refractivity contribution < 1.29 is 19.7 Å². The molecule has 0 aliphatic carbocycles. The molecule has 2 N–H and O–H groups in total. The first-order valence-electron chi connectivity index (χ1n) is 11.5. The number of aryl methyl sites for hydroxylation is 2. The van der Waals surface area contributed by atoms with E-state index >= 15 is 0 Å². The van der Waals surface area contributed by atoms with Gasteiger partial charge in [0.05, 0.1) is 18.3 Å². The lowest BCUT2D eigenvalue weighted by atomic mass is 9.77. The van der Waals surface area contributed by atoms with Crippen LogP contribution in [0.3, 0.4) is 0 Å². The standard InChI is InChI=1S/C26H36O4/c1-19-9-11-20(12-10-19)13-14-21(27)15-16-23-22(24-17-18-25(23)30-24)7-5-3-2-4-6-8-26(28)29/h3,5,9-12,15-16,21-25,27H,2,4,6-8,13-14,17-18H2,1H3,(H,28,29)/b5-3-,16-15+/t21-,22+,23?,24+,25+/m0/s1. The van der Waals surface area contributed by atoms with E-state index in [-0.39, 0.29) is 6.42 Å². The highest BCUT2D eigenvalue weighted by molar-refractivity contribution is 5.66. The minimum absolute atomic E-state index is 0.257. The monoisotopic (exact) mass is 412 g/mol. The molecular formula is C26H36O4. The molecule has 2 aliphatic heterocycles. The third-order valence-electron chi connectivity index (χ3n) is 6.48. The topological polar surface area (TPSA) is 66.8 Å². The number of aliphatic carboxylic acids is 1. The Labute approximate surface area is 180 Å². The highest BCUT2D eigenvalue weighted by Crippen LogP contribution is 2.45. The molecule has 2 heterocycles. The van der Waals surface area contributed by atoms with Crippen molar-refractivity contribution in [3.8, 4) is 0 Å². The van der Waals surface area contributed by atoms with E-state index in [1.54, 1.807) is 0 Å². The summed E-state index contributed by atoms with van der Waals surface area (Å²) >= 11 is 0. The van der Waals surface area contributed by atoms with Crippen LogP contribution in [0.25, 0.3) is 0 Å². The zero-order valence-corrected chi connectivity index (χ0v) is 18.1. The lowest BCUT2D eigenvalue weighted by molar-refractivity contribution is -0.137. The average Bonchev–Trinajstić information content (AvgIpc) is 3.32. The Morgan fingerprint density at radius 1 is 1.17 bits per heavy atom. The number of ether oxygens (including phenoxy) is 1. The summed E-state index contributed by atoms with van der Waals surface area (Å²) in [5.41, 5.74) is 2.53. The number of carboxylic acids is 1. The first-order chi connectivity index (χ1) is 14.5. The number of aliphatic hydroxyl groups is 1. The van der Waals surface area contributed by atoms with Gasteiger partial charge in [-0.2, -0.15) is 0 Å². The molecule has 30 heavy (non-hydrogen) atoms. The number of allylic oxidation sites excluding steroid dienone is 2. The van der Waals surface area contributed by atoms with Crippen molar-refractivity contribution in [2.75, 3.05) is 0 Å². The predicted octanol–water partition coefficient (Wildman–Crippen LogP) is 5.23. The van der Waals surface area contributed by atoms with Gasteiger partial charge in [-0.3, -0.25) is 4.79 Å². The highest BCUT2D eigenvalue weighted by atomic mass is 16.5. The maximum absolute atomic E-state index is 10.6. The molecule has 1 aromatic rings. The number of aliphatic hydroxyl groups excluding tert-OH is 1. The van der Waals surface area contributed by atoms with Crippen molar-refractivity contribution in [2.45, 2.75) is 83.0 Å². The van der Waals surface area contributed by atoms with Gasteiger partial charge in [-0.05, 0) is 69.8 Å². The number of rotatable bonds is 12. The second-order valence-corrected chi connectivity index (χ2v) is 8.85. The van der Waals surface area contributed by atoms with E-state index in [1.165, 1.54) is 11.1 Å². The molecule has 1 unspecified atom stereocenters. The number of carbonyl (C=O) groups is 1. The summed E-state index contributed by atoms with van der Waals surface area (Å²) in [5.74, 6) is 0.155. The van der Waals surface area contributed by atoms with Gasteiger partial charge < -0.3 is 14.9 Å². The largest absolute Gasteiger partial charge is 0.481 e. The van der Waals surface area contributed by atoms with Crippen LogP contribution < -0.4 is 0 Å². The zero-order valence-electron chi connectivity index (χ0n) is 18.1. The second kappa shape index (κ2) is 11.5. The molecule has 2 bridgehead atoms. The molecule has 0 radical (unpaired) electrons. The van der Waals surface area contributed by atoms with E-state index < -0.39 is 12.1 Å². The highest BCUT2D eigenvalue weighted by Gasteiger charge is 2.46. The maximum atomic E-state index is 10.6. The number of hydrogen-bond donors (Lipinski definition) is 2. The molecule has 2 fully saturated rings. The normalized spacial score (nSPS) is 26.7. The van der Waals surface area contributed by atoms with Crippen molar-refractivity contribution in [1.29, 1.82) is 0 Å². The predicted molar refractivity (Wildman–Crippen MR) is 119 cm³/mol. The van der Waals surface area contributed by atoms with Gasteiger partial charge in [0, 0.05) is 12.3 Å². The Kier molecular flexibility index (Phi) is 8.71. The van der Waals surface area contributed by atoms with Gasteiger partial charge in [0.1, 0.15) is 0 Å². The summed E-state index contributed by atoms with van der Waals surface area (Å²) in [6, 6.07) is 8.52. The van der Waals surface area contributed by atoms with Crippen molar-refractivity contribution in [2.24, 2.45) is 11.8 Å². The van der Waals surface area contributed by atoms with Crippen LogP contribution in [0.2, 0.25) is 0 Å². The fourth-order valence-electron chi connectivity index (χ4n) is 4.72. The lowest BCUT2D eigenvalue weighted by Gasteiger charge is -2.25.